The molecule has 4 rings (SSSR count). The maximum atomic E-state index is 13.1. The third-order valence-corrected chi connectivity index (χ3v) is 7.15. The normalized spacial score (nSPS) is 12.1. The average molecular weight is 495 g/mol. The van der Waals surface area contributed by atoms with E-state index in [0.29, 0.717) is 17.9 Å². The van der Waals surface area contributed by atoms with Crippen LogP contribution in [-0.4, -0.2) is 16.7 Å². The molecule has 176 valence electrons. The van der Waals surface area contributed by atoms with Crippen molar-refractivity contribution in [2.75, 3.05) is 0 Å². The Morgan fingerprint density at radius 3 is 2.74 bits per heavy atom. The predicted molar refractivity (Wildman–Crippen MR) is 138 cm³/mol. The summed E-state index contributed by atoms with van der Waals surface area (Å²) in [4.78, 5) is 31.1. The topological polar surface area (TPSA) is 76.1 Å². The van der Waals surface area contributed by atoms with E-state index >= 15 is 0 Å². The van der Waals surface area contributed by atoms with Gasteiger partial charge in [0.1, 0.15) is 18.0 Å². The Hall–Kier alpha value is -2.96. The number of aromatic amines is 2. The van der Waals surface area contributed by atoms with E-state index in [1.165, 1.54) is 0 Å². The van der Waals surface area contributed by atoms with Crippen molar-refractivity contribution < 1.29 is 14.6 Å². The first-order chi connectivity index (χ1) is 16.5. The first kappa shape index (κ1) is 24.2. The van der Waals surface area contributed by atoms with Gasteiger partial charge in [-0.1, -0.05) is 54.8 Å². The van der Waals surface area contributed by atoms with Crippen LogP contribution in [0.2, 0.25) is 5.02 Å². The van der Waals surface area contributed by atoms with Crippen LogP contribution in [0.1, 0.15) is 56.5 Å². The summed E-state index contributed by atoms with van der Waals surface area (Å²) in [6, 6.07) is 15.7. The highest BCUT2D eigenvalue weighted by atomic mass is 35.5. The summed E-state index contributed by atoms with van der Waals surface area (Å²) in [5.74, 6) is 1.06. The number of amides is 1. The molecule has 34 heavy (non-hydrogen) atoms. The molecule has 0 radical (unpaired) electrons. The molecule has 5 nitrogen and oxygen atoms in total. The molecule has 0 fully saturated rings. The summed E-state index contributed by atoms with van der Waals surface area (Å²) in [6.07, 6.45) is 6.38. The molecule has 7 heteroatoms. The average Bonchev–Trinajstić information content (AvgIpc) is 3.46. The van der Waals surface area contributed by atoms with Gasteiger partial charge in [0.15, 0.2) is 5.69 Å². The molecular formula is C27H29ClN3O2S+. The molecule has 2 heterocycles. The van der Waals surface area contributed by atoms with E-state index in [9.17, 15) is 9.59 Å². The minimum absolute atomic E-state index is 0.0299. The quantitative estimate of drug-likeness (QED) is 0.240. The van der Waals surface area contributed by atoms with Crippen LogP contribution in [-0.2, 0) is 16.0 Å². The first-order valence-electron chi connectivity index (χ1n) is 11.6. The van der Waals surface area contributed by atoms with Gasteiger partial charge in [0.25, 0.3) is 5.82 Å². The zero-order chi connectivity index (χ0) is 23.9. The molecule has 0 bridgehead atoms. The second-order valence-corrected chi connectivity index (χ2v) is 9.95. The number of Topliss-reactive ketones (excluding diaryl/α,β-unsaturated/α-hetero) is 1. The maximum absolute atomic E-state index is 13.1. The number of H-pyrrole nitrogens is 2. The number of hydrogen-bond donors (Lipinski definition) is 2. The zero-order valence-electron chi connectivity index (χ0n) is 19.2. The van der Waals surface area contributed by atoms with E-state index in [2.05, 4.69) is 15.3 Å². The lowest BCUT2D eigenvalue weighted by Gasteiger charge is -2.14. The second-order valence-electron chi connectivity index (χ2n) is 8.61. The second kappa shape index (κ2) is 11.4. The monoisotopic (exact) mass is 494 g/mol. The summed E-state index contributed by atoms with van der Waals surface area (Å²) in [7, 11) is 0. The molecule has 1 amide bonds. The number of ketones is 1. The molecule has 2 aromatic heterocycles. The highest BCUT2D eigenvalue weighted by Gasteiger charge is 2.23. The lowest BCUT2D eigenvalue weighted by Crippen LogP contribution is -2.33. The Kier molecular flexibility index (Phi) is 8.14. The smallest absolute Gasteiger partial charge is 0.275 e. The third-order valence-electron chi connectivity index (χ3n) is 5.90. The van der Waals surface area contributed by atoms with Crippen molar-refractivity contribution in [2.45, 2.75) is 51.5 Å². The van der Waals surface area contributed by atoms with Gasteiger partial charge in [-0.15, -0.1) is 11.3 Å². The van der Waals surface area contributed by atoms with Crippen LogP contribution in [0.25, 0.3) is 21.3 Å². The third kappa shape index (κ3) is 6.33. The van der Waals surface area contributed by atoms with Crippen molar-refractivity contribution in [1.82, 2.24) is 10.3 Å². The first-order valence-corrected chi connectivity index (χ1v) is 12.9. The SMILES string of the molecule is CC(=O)CCCCC[C@H](NC(=O)Cc1csc2ccc(Cl)cc12)c1[nH]c(-c2ccccc2)c[nH+]1. The number of halogens is 1. The van der Waals surface area contributed by atoms with Crippen molar-refractivity contribution in [1.29, 1.82) is 0 Å². The van der Waals surface area contributed by atoms with Crippen LogP contribution in [0.5, 0.6) is 0 Å². The number of aromatic nitrogens is 2. The molecule has 0 unspecified atom stereocenters. The van der Waals surface area contributed by atoms with Gasteiger partial charge < -0.3 is 10.1 Å². The van der Waals surface area contributed by atoms with Gasteiger partial charge in [0.2, 0.25) is 5.91 Å². The van der Waals surface area contributed by atoms with E-state index in [4.69, 9.17) is 11.6 Å². The summed E-state index contributed by atoms with van der Waals surface area (Å²) in [6.45, 7) is 1.63. The number of fused-ring (bicyclic) bond motifs is 1. The minimum atomic E-state index is -0.171. The molecule has 0 saturated heterocycles. The molecule has 1 atom stereocenters. The fourth-order valence-corrected chi connectivity index (χ4v) is 5.24. The summed E-state index contributed by atoms with van der Waals surface area (Å²) in [5, 5.41) is 6.96. The van der Waals surface area contributed by atoms with Gasteiger partial charge in [0, 0.05) is 21.7 Å². The zero-order valence-corrected chi connectivity index (χ0v) is 20.8. The molecule has 3 N–H and O–H groups in total. The van der Waals surface area contributed by atoms with Crippen LogP contribution in [0.15, 0.2) is 60.1 Å². The number of hydrogen-bond acceptors (Lipinski definition) is 3. The number of carbonyl (C=O) groups is 2. The Labute approximate surface area is 208 Å². The molecule has 0 aliphatic rings. The maximum Gasteiger partial charge on any atom is 0.275 e. The highest BCUT2D eigenvalue weighted by Crippen LogP contribution is 2.29. The molecular weight excluding hydrogens is 466 g/mol. The Morgan fingerprint density at radius 2 is 1.94 bits per heavy atom. The van der Waals surface area contributed by atoms with E-state index in [0.717, 1.165) is 58.4 Å². The standard InChI is InChI=1S/C27H28ClN3O2S/c1-18(32)8-4-2-7-11-23(27-29-16-24(31-27)19-9-5-3-6-10-19)30-26(33)14-20-17-34-25-13-12-21(28)15-22(20)25/h3,5-6,9-10,12-13,15-17,23H,2,4,7-8,11,14H2,1H3,(H,29,31)(H,30,33)/p+1/t23-/m0/s1. The fraction of sp³-hybridized carbons (Fsp3) is 0.296. The molecule has 0 aliphatic carbocycles. The van der Waals surface area contributed by atoms with Gasteiger partial charge in [0.05, 0.1) is 6.42 Å². The number of imidazole rings is 1. The number of carbonyl (C=O) groups excluding carboxylic acids is 2. The number of benzene rings is 2. The molecule has 0 saturated carbocycles. The van der Waals surface area contributed by atoms with E-state index in [1.807, 2.05) is 60.1 Å². The molecule has 2 aromatic carbocycles. The van der Waals surface area contributed by atoms with Crippen LogP contribution in [0.4, 0.5) is 0 Å². The van der Waals surface area contributed by atoms with E-state index in [-0.39, 0.29) is 17.7 Å². The minimum Gasteiger partial charge on any atom is -0.342 e. The van der Waals surface area contributed by atoms with Gasteiger partial charge in [-0.3, -0.25) is 4.79 Å². The lowest BCUT2D eigenvalue weighted by molar-refractivity contribution is -0.391. The number of nitrogens with one attached hydrogen (secondary N) is 3. The number of thiophene rings is 1. The van der Waals surface area contributed by atoms with Crippen molar-refractivity contribution in [2.24, 2.45) is 0 Å². The lowest BCUT2D eigenvalue weighted by atomic mass is 10.0. The van der Waals surface area contributed by atoms with Crippen LogP contribution in [0, 0.1) is 0 Å². The van der Waals surface area contributed by atoms with Gasteiger partial charge in [-0.2, -0.15) is 0 Å². The van der Waals surface area contributed by atoms with Crippen molar-refractivity contribution in [3.05, 3.63) is 76.5 Å². The van der Waals surface area contributed by atoms with E-state index in [1.54, 1.807) is 18.3 Å². The van der Waals surface area contributed by atoms with Crippen LogP contribution >= 0.6 is 22.9 Å². The van der Waals surface area contributed by atoms with Crippen LogP contribution in [0.3, 0.4) is 0 Å². The summed E-state index contributed by atoms with van der Waals surface area (Å²) in [5.41, 5.74) is 3.05. The Balaban J connectivity index is 1.47. The Morgan fingerprint density at radius 1 is 1.12 bits per heavy atom. The fourth-order valence-electron chi connectivity index (χ4n) is 4.13. The van der Waals surface area contributed by atoms with Gasteiger partial charge >= 0.3 is 0 Å². The van der Waals surface area contributed by atoms with Gasteiger partial charge in [-0.05, 0) is 54.3 Å². The predicted octanol–water partition coefficient (Wildman–Crippen LogP) is 6.30. The highest BCUT2D eigenvalue weighted by molar-refractivity contribution is 7.17. The van der Waals surface area contributed by atoms with Crippen molar-refractivity contribution in [3.63, 3.8) is 0 Å². The van der Waals surface area contributed by atoms with Crippen molar-refractivity contribution in [3.8, 4) is 11.3 Å². The number of rotatable bonds is 11. The summed E-state index contributed by atoms with van der Waals surface area (Å²) >= 11 is 7.80. The molecule has 0 spiro atoms. The van der Waals surface area contributed by atoms with E-state index < -0.39 is 0 Å². The number of unbranched alkanes of at least 4 members (excludes halogenated alkanes) is 2. The van der Waals surface area contributed by atoms with Gasteiger partial charge in [-0.25, -0.2) is 9.97 Å². The molecule has 0 aliphatic heterocycles. The Bertz CT molecular complexity index is 1270. The van der Waals surface area contributed by atoms with Crippen molar-refractivity contribution >= 4 is 44.7 Å². The van der Waals surface area contributed by atoms with Crippen LogP contribution < -0.4 is 10.3 Å². The largest absolute Gasteiger partial charge is 0.342 e. The summed E-state index contributed by atoms with van der Waals surface area (Å²) < 4.78 is 1.12. The molecule has 4 aromatic rings.